The van der Waals surface area contributed by atoms with Crippen LogP contribution in [0.4, 0.5) is 4.39 Å². The van der Waals surface area contributed by atoms with Crippen LogP contribution in [0.1, 0.15) is 0 Å². The Morgan fingerprint density at radius 3 is 3.00 bits per heavy atom. The smallest absolute Gasteiger partial charge is 0.129 e. The van der Waals surface area contributed by atoms with Gasteiger partial charge in [0.05, 0.1) is 0 Å². The van der Waals surface area contributed by atoms with E-state index in [0.717, 1.165) is 0 Å². The van der Waals surface area contributed by atoms with Gasteiger partial charge in [-0.3, -0.25) is 0 Å². The van der Waals surface area contributed by atoms with E-state index in [4.69, 9.17) is 4.74 Å². The maximum absolute atomic E-state index is 12.3. The Morgan fingerprint density at radius 1 is 1.78 bits per heavy atom. The fourth-order valence-corrected chi connectivity index (χ4v) is 0.612. The molecule has 9 heavy (non-hydrogen) atoms. The molecule has 1 aliphatic rings. The molecule has 0 aromatic carbocycles. The monoisotopic (exact) mass is 126 g/mol. The van der Waals surface area contributed by atoms with Crippen molar-refractivity contribution in [3.8, 4) is 0 Å². The van der Waals surface area contributed by atoms with Crippen LogP contribution in [0.3, 0.4) is 0 Å². The van der Waals surface area contributed by atoms with E-state index in [1.165, 1.54) is 19.3 Å². The molecule has 0 fully saturated rings. The predicted molar refractivity (Wildman–Crippen MR) is 32.6 cm³/mol. The Bertz CT molecular complexity index is 187. The third-order valence-corrected chi connectivity index (χ3v) is 1.08. The lowest BCUT2D eigenvalue weighted by molar-refractivity contribution is 0.175. The molecule has 1 atom stereocenters. The van der Waals surface area contributed by atoms with E-state index in [1.807, 2.05) is 0 Å². The summed E-state index contributed by atoms with van der Waals surface area (Å²) in [5.74, 6) is -0.288. The summed E-state index contributed by atoms with van der Waals surface area (Å²) in [4.78, 5) is 0. The zero-order valence-corrected chi connectivity index (χ0v) is 5.10. The van der Waals surface area contributed by atoms with Crippen molar-refractivity contribution < 1.29 is 9.13 Å². The molecule has 0 aliphatic heterocycles. The quantitative estimate of drug-likeness (QED) is 0.485. The lowest BCUT2D eigenvalue weighted by atomic mass is 10.2. The van der Waals surface area contributed by atoms with Gasteiger partial charge < -0.3 is 4.74 Å². The average molecular weight is 126 g/mol. The van der Waals surface area contributed by atoms with Crippen LogP contribution in [-0.4, -0.2) is 13.2 Å². The van der Waals surface area contributed by atoms with E-state index >= 15 is 0 Å². The van der Waals surface area contributed by atoms with Crippen molar-refractivity contribution in [1.82, 2.24) is 0 Å². The van der Waals surface area contributed by atoms with Crippen LogP contribution in [0, 0.1) is 0 Å². The largest absolute Gasteiger partial charge is 0.373 e. The van der Waals surface area contributed by atoms with Crippen LogP contribution in [0.2, 0.25) is 0 Å². The maximum Gasteiger partial charge on any atom is 0.129 e. The zero-order valence-electron chi connectivity index (χ0n) is 5.10. The molecule has 2 heteroatoms. The summed E-state index contributed by atoms with van der Waals surface area (Å²) in [6.45, 7) is 0. The van der Waals surface area contributed by atoms with Gasteiger partial charge in [-0.1, -0.05) is 0 Å². The Balaban J connectivity index is 2.74. The molecule has 0 aromatic heterocycles. The van der Waals surface area contributed by atoms with Gasteiger partial charge >= 0.3 is 0 Å². The molecule has 1 aliphatic carbocycles. The van der Waals surface area contributed by atoms with Gasteiger partial charge in [-0.25, -0.2) is 4.39 Å². The van der Waals surface area contributed by atoms with Crippen molar-refractivity contribution in [2.45, 2.75) is 6.10 Å². The normalized spacial score (nSPS) is 24.2. The van der Waals surface area contributed by atoms with Gasteiger partial charge in [0.1, 0.15) is 11.9 Å². The molecule has 0 amide bonds. The molecule has 0 N–H and O–H groups in total. The molecule has 1 unspecified atom stereocenters. The van der Waals surface area contributed by atoms with E-state index in [0.29, 0.717) is 0 Å². The van der Waals surface area contributed by atoms with Crippen molar-refractivity contribution >= 4 is 0 Å². The summed E-state index contributed by atoms with van der Waals surface area (Å²) >= 11 is 0. The van der Waals surface area contributed by atoms with E-state index in [1.54, 1.807) is 6.08 Å². The van der Waals surface area contributed by atoms with E-state index < -0.39 is 0 Å². The molecule has 0 spiro atoms. The average Bonchev–Trinajstić information content (AvgIpc) is 1.88. The summed E-state index contributed by atoms with van der Waals surface area (Å²) in [6, 6.07) is 0. The third kappa shape index (κ3) is 1.53. The molecule has 0 saturated heterocycles. The minimum atomic E-state index is -0.288. The number of rotatable bonds is 1. The summed E-state index contributed by atoms with van der Waals surface area (Å²) in [6.07, 6.45) is 4.07. The summed E-state index contributed by atoms with van der Waals surface area (Å²) in [7, 11) is 1.53. The van der Waals surface area contributed by atoms with Crippen molar-refractivity contribution in [2.75, 3.05) is 7.11 Å². The van der Waals surface area contributed by atoms with Gasteiger partial charge in [0.25, 0.3) is 0 Å². The zero-order chi connectivity index (χ0) is 6.69. The summed E-state index contributed by atoms with van der Waals surface area (Å²) in [5, 5.41) is 0. The highest BCUT2D eigenvalue weighted by Crippen LogP contribution is 2.07. The Morgan fingerprint density at radius 2 is 2.56 bits per heavy atom. The minimum absolute atomic E-state index is 0.241. The van der Waals surface area contributed by atoms with Gasteiger partial charge in [-0.2, -0.15) is 0 Å². The molecule has 0 heterocycles. The number of ether oxygens (including phenoxy) is 1. The Kier molecular flexibility index (Phi) is 1.83. The first kappa shape index (κ1) is 6.27. The number of methoxy groups -OCH3 is 1. The molecule has 1 nitrogen and oxygen atoms in total. The van der Waals surface area contributed by atoms with Gasteiger partial charge in [-0.05, 0) is 12.2 Å². The maximum atomic E-state index is 12.3. The number of allylic oxidation sites excluding steroid dienone is 1. The standard InChI is InChI=1S/C7H7FO/c1-9-7-4-2-3-6(8)5-7/h3-5,7H,1H3. The Hall–Kier alpha value is -0.850. The lowest BCUT2D eigenvalue weighted by Crippen LogP contribution is -2.03. The number of hydrogen-bond donors (Lipinski definition) is 0. The van der Waals surface area contributed by atoms with E-state index in [2.05, 4.69) is 5.73 Å². The van der Waals surface area contributed by atoms with Crippen molar-refractivity contribution in [1.29, 1.82) is 0 Å². The molecule has 0 bridgehead atoms. The van der Waals surface area contributed by atoms with Crippen LogP contribution in [0.15, 0.2) is 29.8 Å². The third-order valence-electron chi connectivity index (χ3n) is 1.08. The first-order valence-electron chi connectivity index (χ1n) is 2.65. The molecular weight excluding hydrogens is 119 g/mol. The molecule has 0 aromatic rings. The SMILES string of the molecule is COC1C=C=CC(F)=C1. The van der Waals surface area contributed by atoms with Crippen LogP contribution in [0.25, 0.3) is 0 Å². The van der Waals surface area contributed by atoms with Gasteiger partial charge in [0.2, 0.25) is 0 Å². The first-order valence-corrected chi connectivity index (χ1v) is 2.65. The summed E-state index contributed by atoms with van der Waals surface area (Å²) in [5.41, 5.74) is 2.62. The molecule has 1 rings (SSSR count). The summed E-state index contributed by atoms with van der Waals surface area (Å²) < 4.78 is 17.1. The highest BCUT2D eigenvalue weighted by Gasteiger charge is 2.01. The van der Waals surface area contributed by atoms with Crippen molar-refractivity contribution in [3.05, 3.63) is 29.8 Å². The second-order valence-corrected chi connectivity index (χ2v) is 1.73. The first-order chi connectivity index (χ1) is 4.33. The number of halogens is 1. The van der Waals surface area contributed by atoms with E-state index in [-0.39, 0.29) is 11.9 Å². The Labute approximate surface area is 53.1 Å². The molecular formula is C7H7FO. The van der Waals surface area contributed by atoms with Crippen molar-refractivity contribution in [3.63, 3.8) is 0 Å². The highest BCUT2D eigenvalue weighted by atomic mass is 19.1. The minimum Gasteiger partial charge on any atom is -0.373 e. The van der Waals surface area contributed by atoms with Gasteiger partial charge in [-0.15, -0.1) is 5.73 Å². The molecule has 0 saturated carbocycles. The number of hydrogen-bond acceptors (Lipinski definition) is 1. The van der Waals surface area contributed by atoms with Crippen LogP contribution in [-0.2, 0) is 4.74 Å². The van der Waals surface area contributed by atoms with Gasteiger partial charge in [0.15, 0.2) is 0 Å². The van der Waals surface area contributed by atoms with E-state index in [9.17, 15) is 4.39 Å². The van der Waals surface area contributed by atoms with Crippen LogP contribution in [0.5, 0.6) is 0 Å². The lowest BCUT2D eigenvalue weighted by Gasteiger charge is -2.04. The van der Waals surface area contributed by atoms with Crippen LogP contribution >= 0.6 is 0 Å². The fourth-order valence-electron chi connectivity index (χ4n) is 0.612. The van der Waals surface area contributed by atoms with Crippen molar-refractivity contribution in [2.24, 2.45) is 0 Å². The van der Waals surface area contributed by atoms with Gasteiger partial charge in [0, 0.05) is 13.2 Å². The van der Waals surface area contributed by atoms with Crippen LogP contribution < -0.4 is 0 Å². The molecule has 0 radical (unpaired) electrons. The second kappa shape index (κ2) is 2.62. The second-order valence-electron chi connectivity index (χ2n) is 1.73. The topological polar surface area (TPSA) is 9.23 Å². The fraction of sp³-hybridized carbons (Fsp3) is 0.286. The highest BCUT2D eigenvalue weighted by molar-refractivity contribution is 5.20. The predicted octanol–water partition coefficient (Wildman–Crippen LogP) is 1.58. The molecule has 48 valence electrons.